The molecule has 0 spiro atoms. The number of rotatable bonds is 2. The molecule has 116 valence electrons. The van der Waals surface area contributed by atoms with Crippen molar-refractivity contribution < 1.29 is 4.79 Å². The van der Waals surface area contributed by atoms with E-state index in [1.807, 2.05) is 11.0 Å². The summed E-state index contributed by atoms with van der Waals surface area (Å²) in [7, 11) is 0. The Balaban J connectivity index is 0.00000161. The van der Waals surface area contributed by atoms with Crippen LogP contribution in [0.15, 0.2) is 24.3 Å². The summed E-state index contributed by atoms with van der Waals surface area (Å²) in [5.41, 5.74) is 8.28. The van der Waals surface area contributed by atoms with Crippen LogP contribution in [0.2, 0.25) is 0 Å². The number of anilines is 1. The Bertz CT molecular complexity index is 505. The van der Waals surface area contributed by atoms with E-state index < -0.39 is 0 Å². The largest absolute Gasteiger partial charge is 0.330 e. The number of para-hydroxylation sites is 1. The average Bonchev–Trinajstić information content (AvgIpc) is 2.96. The zero-order valence-electron chi connectivity index (χ0n) is 12.6. The molecule has 2 aliphatic rings. The second-order valence-corrected chi connectivity index (χ2v) is 6.27. The highest BCUT2D eigenvalue weighted by Gasteiger charge is 2.37. The minimum absolute atomic E-state index is 0. The Hall–Kier alpha value is -1.06. The van der Waals surface area contributed by atoms with Crippen molar-refractivity contribution in [1.82, 2.24) is 0 Å². The van der Waals surface area contributed by atoms with Gasteiger partial charge >= 0.3 is 0 Å². The maximum absolute atomic E-state index is 12.9. The van der Waals surface area contributed by atoms with Gasteiger partial charge in [-0.3, -0.25) is 4.79 Å². The standard InChI is InChI=1S/C17H24N2O.ClH/c1-12-9-10-19(16-8-3-2-6-14(12)16)17(20)15-7-4-5-13(15)11-18;/h2-3,6,8,12-13,15H,4-5,7,9-11,18H2,1H3;1H/t12?,13-,15-;/m1./s1. The molecule has 1 saturated carbocycles. The molecule has 2 N–H and O–H groups in total. The summed E-state index contributed by atoms with van der Waals surface area (Å²) >= 11 is 0. The number of carbonyl (C=O) groups is 1. The molecule has 21 heavy (non-hydrogen) atoms. The van der Waals surface area contributed by atoms with Gasteiger partial charge in [0, 0.05) is 18.2 Å². The molecule has 3 rings (SSSR count). The molecule has 1 heterocycles. The van der Waals surface area contributed by atoms with Gasteiger partial charge in [-0.05, 0) is 49.3 Å². The van der Waals surface area contributed by atoms with Crippen molar-refractivity contribution >= 4 is 24.0 Å². The molecule has 1 aromatic carbocycles. The van der Waals surface area contributed by atoms with Gasteiger partial charge in [-0.1, -0.05) is 31.5 Å². The third-order valence-corrected chi connectivity index (χ3v) is 5.09. The van der Waals surface area contributed by atoms with Crippen molar-refractivity contribution in [3.63, 3.8) is 0 Å². The number of amides is 1. The third-order valence-electron chi connectivity index (χ3n) is 5.09. The van der Waals surface area contributed by atoms with Crippen molar-refractivity contribution in [2.75, 3.05) is 18.0 Å². The fourth-order valence-electron chi connectivity index (χ4n) is 3.82. The number of halogens is 1. The fraction of sp³-hybridized carbons (Fsp3) is 0.588. The topological polar surface area (TPSA) is 46.3 Å². The molecule has 4 heteroatoms. The van der Waals surface area contributed by atoms with Crippen molar-refractivity contribution in [3.8, 4) is 0 Å². The monoisotopic (exact) mass is 308 g/mol. The third kappa shape index (κ3) is 2.95. The van der Waals surface area contributed by atoms with E-state index in [-0.39, 0.29) is 18.3 Å². The minimum atomic E-state index is 0. The van der Waals surface area contributed by atoms with Crippen LogP contribution >= 0.6 is 12.4 Å². The second kappa shape index (κ2) is 6.80. The van der Waals surface area contributed by atoms with Gasteiger partial charge < -0.3 is 10.6 Å². The zero-order valence-corrected chi connectivity index (χ0v) is 13.4. The summed E-state index contributed by atoms with van der Waals surface area (Å²) < 4.78 is 0. The maximum Gasteiger partial charge on any atom is 0.230 e. The average molecular weight is 309 g/mol. The predicted octanol–water partition coefficient (Wildman–Crippen LogP) is 3.32. The zero-order chi connectivity index (χ0) is 14.1. The molecule has 0 radical (unpaired) electrons. The van der Waals surface area contributed by atoms with Crippen LogP contribution in [0.5, 0.6) is 0 Å². The highest BCUT2D eigenvalue weighted by atomic mass is 35.5. The first-order valence-corrected chi connectivity index (χ1v) is 7.82. The molecule has 3 nitrogen and oxygen atoms in total. The second-order valence-electron chi connectivity index (χ2n) is 6.27. The summed E-state index contributed by atoms with van der Waals surface area (Å²) in [5, 5.41) is 0. The number of benzene rings is 1. The Morgan fingerprint density at radius 3 is 2.81 bits per heavy atom. The molecule has 0 bridgehead atoms. The van der Waals surface area contributed by atoms with Gasteiger partial charge in [-0.25, -0.2) is 0 Å². The lowest BCUT2D eigenvalue weighted by atomic mass is 9.89. The van der Waals surface area contributed by atoms with E-state index in [9.17, 15) is 4.79 Å². The molecule has 1 aliphatic carbocycles. The number of nitrogens with two attached hydrogens (primary N) is 1. The Morgan fingerprint density at radius 2 is 2.05 bits per heavy atom. The first-order chi connectivity index (χ1) is 9.72. The van der Waals surface area contributed by atoms with Crippen LogP contribution in [-0.2, 0) is 4.79 Å². The predicted molar refractivity (Wildman–Crippen MR) is 89.0 cm³/mol. The van der Waals surface area contributed by atoms with Gasteiger partial charge in [0.2, 0.25) is 5.91 Å². The van der Waals surface area contributed by atoms with E-state index in [0.29, 0.717) is 24.3 Å². The minimum Gasteiger partial charge on any atom is -0.330 e. The summed E-state index contributed by atoms with van der Waals surface area (Å²) in [6.45, 7) is 3.74. The van der Waals surface area contributed by atoms with Gasteiger partial charge in [-0.2, -0.15) is 0 Å². The van der Waals surface area contributed by atoms with Gasteiger partial charge in [0.25, 0.3) is 0 Å². The molecule has 0 saturated heterocycles. The van der Waals surface area contributed by atoms with Crippen molar-refractivity contribution in [2.45, 2.75) is 38.5 Å². The van der Waals surface area contributed by atoms with E-state index in [2.05, 4.69) is 25.1 Å². The molecule has 3 atom stereocenters. The number of hydrogen-bond donors (Lipinski definition) is 1. The lowest BCUT2D eigenvalue weighted by molar-refractivity contribution is -0.123. The molecule has 0 aromatic heterocycles. The highest BCUT2D eigenvalue weighted by molar-refractivity contribution is 5.96. The molecule has 1 fully saturated rings. The number of carbonyl (C=O) groups excluding carboxylic acids is 1. The summed E-state index contributed by atoms with van der Waals surface area (Å²) in [5.74, 6) is 1.37. The van der Waals surface area contributed by atoms with Crippen LogP contribution in [0.4, 0.5) is 5.69 Å². The first-order valence-electron chi connectivity index (χ1n) is 7.82. The highest BCUT2D eigenvalue weighted by Crippen LogP contribution is 2.38. The molecule has 1 aromatic rings. The lowest BCUT2D eigenvalue weighted by Crippen LogP contribution is -2.42. The smallest absolute Gasteiger partial charge is 0.230 e. The molecular weight excluding hydrogens is 284 g/mol. The van der Waals surface area contributed by atoms with Crippen LogP contribution < -0.4 is 10.6 Å². The summed E-state index contributed by atoms with van der Waals surface area (Å²) in [6, 6.07) is 8.36. The summed E-state index contributed by atoms with van der Waals surface area (Å²) in [6.07, 6.45) is 4.32. The number of nitrogens with zero attached hydrogens (tertiary/aromatic N) is 1. The van der Waals surface area contributed by atoms with Crippen LogP contribution in [0.3, 0.4) is 0 Å². The van der Waals surface area contributed by atoms with Gasteiger partial charge in [-0.15, -0.1) is 12.4 Å². The lowest BCUT2D eigenvalue weighted by Gasteiger charge is -2.35. The van der Waals surface area contributed by atoms with Crippen LogP contribution in [0.1, 0.15) is 44.1 Å². The Labute approximate surface area is 133 Å². The Kier molecular flexibility index (Phi) is 5.28. The van der Waals surface area contributed by atoms with Crippen molar-refractivity contribution in [2.24, 2.45) is 17.6 Å². The van der Waals surface area contributed by atoms with Crippen LogP contribution in [0.25, 0.3) is 0 Å². The van der Waals surface area contributed by atoms with E-state index in [1.165, 1.54) is 5.56 Å². The van der Waals surface area contributed by atoms with E-state index in [4.69, 9.17) is 5.73 Å². The van der Waals surface area contributed by atoms with Gasteiger partial charge in [0.15, 0.2) is 0 Å². The van der Waals surface area contributed by atoms with E-state index in [1.54, 1.807) is 0 Å². The fourth-order valence-corrected chi connectivity index (χ4v) is 3.82. The van der Waals surface area contributed by atoms with E-state index in [0.717, 1.165) is 37.9 Å². The SMILES string of the molecule is CC1CCN(C(=O)[C@@H]2CCC[C@@H]2CN)c2ccccc21.Cl. The van der Waals surface area contributed by atoms with Gasteiger partial charge in [0.05, 0.1) is 0 Å². The van der Waals surface area contributed by atoms with Crippen LogP contribution in [0, 0.1) is 11.8 Å². The normalized spacial score (nSPS) is 27.9. The van der Waals surface area contributed by atoms with Crippen LogP contribution in [-0.4, -0.2) is 19.0 Å². The van der Waals surface area contributed by atoms with Crippen molar-refractivity contribution in [3.05, 3.63) is 29.8 Å². The Morgan fingerprint density at radius 1 is 1.29 bits per heavy atom. The first kappa shape index (κ1) is 16.3. The van der Waals surface area contributed by atoms with Gasteiger partial charge in [0.1, 0.15) is 0 Å². The van der Waals surface area contributed by atoms with E-state index >= 15 is 0 Å². The quantitative estimate of drug-likeness (QED) is 0.911. The number of fused-ring (bicyclic) bond motifs is 1. The molecule has 1 aliphatic heterocycles. The van der Waals surface area contributed by atoms with Crippen molar-refractivity contribution in [1.29, 1.82) is 0 Å². The molecule has 1 unspecified atom stereocenters. The molecule has 1 amide bonds. The number of hydrogen-bond acceptors (Lipinski definition) is 2. The summed E-state index contributed by atoms with van der Waals surface area (Å²) in [4.78, 5) is 14.9. The molecular formula is C17H25ClN2O. The maximum atomic E-state index is 12.9.